The quantitative estimate of drug-likeness (QED) is 0.445. The van der Waals surface area contributed by atoms with Crippen LogP contribution in [0.25, 0.3) is 33.1 Å². The van der Waals surface area contributed by atoms with Crippen LogP contribution in [0.2, 0.25) is 0 Å². The summed E-state index contributed by atoms with van der Waals surface area (Å²) in [4.78, 5) is 9.85. The zero-order valence-corrected chi connectivity index (χ0v) is 13.9. The van der Waals surface area contributed by atoms with Crippen LogP contribution < -0.4 is 0 Å². The van der Waals surface area contributed by atoms with E-state index < -0.39 is 0 Å². The van der Waals surface area contributed by atoms with Gasteiger partial charge in [-0.25, -0.2) is 4.98 Å². The van der Waals surface area contributed by atoms with Crippen LogP contribution in [0.3, 0.4) is 0 Å². The summed E-state index contributed by atoms with van der Waals surface area (Å²) in [6.45, 7) is 2.21. The van der Waals surface area contributed by atoms with Gasteiger partial charge in [-0.3, -0.25) is 4.98 Å². The molecular formula is C22H20N2. The van der Waals surface area contributed by atoms with E-state index in [1.807, 2.05) is 18.2 Å². The second-order valence-electron chi connectivity index (χ2n) is 6.18. The van der Waals surface area contributed by atoms with Crippen molar-refractivity contribution in [3.8, 4) is 11.3 Å². The van der Waals surface area contributed by atoms with Gasteiger partial charge in [0.1, 0.15) is 0 Å². The third-order valence-electron chi connectivity index (χ3n) is 4.43. The Bertz CT molecular complexity index is 991. The van der Waals surface area contributed by atoms with Crippen LogP contribution in [0.5, 0.6) is 0 Å². The van der Waals surface area contributed by atoms with Crippen molar-refractivity contribution in [1.29, 1.82) is 0 Å². The van der Waals surface area contributed by atoms with Crippen LogP contribution in [0.1, 0.15) is 25.5 Å². The van der Waals surface area contributed by atoms with E-state index in [0.717, 1.165) is 45.2 Å². The van der Waals surface area contributed by atoms with E-state index in [2.05, 4.69) is 55.5 Å². The van der Waals surface area contributed by atoms with Crippen molar-refractivity contribution in [2.24, 2.45) is 0 Å². The van der Waals surface area contributed by atoms with Gasteiger partial charge in [0.2, 0.25) is 0 Å². The molecule has 0 spiro atoms. The third kappa shape index (κ3) is 2.76. The Morgan fingerprint density at radius 1 is 0.708 bits per heavy atom. The molecule has 24 heavy (non-hydrogen) atoms. The zero-order chi connectivity index (χ0) is 16.4. The van der Waals surface area contributed by atoms with E-state index in [1.54, 1.807) is 0 Å². The molecule has 0 bridgehead atoms. The first-order chi connectivity index (χ1) is 11.8. The first-order valence-corrected chi connectivity index (χ1v) is 8.60. The normalized spacial score (nSPS) is 11.2. The van der Waals surface area contributed by atoms with E-state index in [0.29, 0.717) is 0 Å². The van der Waals surface area contributed by atoms with Crippen LogP contribution >= 0.6 is 0 Å². The molecule has 2 heteroatoms. The zero-order valence-electron chi connectivity index (χ0n) is 13.9. The molecule has 0 saturated carbocycles. The molecule has 118 valence electrons. The number of aryl methyl sites for hydroxylation is 1. The van der Waals surface area contributed by atoms with Crippen LogP contribution in [0.4, 0.5) is 0 Å². The summed E-state index contributed by atoms with van der Waals surface area (Å²) < 4.78 is 0. The first kappa shape index (κ1) is 14.8. The SMILES string of the molecule is CCCCc1ccc2ccc3ccc(-c4ccccc4)nc3c2n1. The molecular weight excluding hydrogens is 292 g/mol. The fraction of sp³-hybridized carbons (Fsp3) is 0.182. The van der Waals surface area contributed by atoms with Gasteiger partial charge < -0.3 is 0 Å². The summed E-state index contributed by atoms with van der Waals surface area (Å²) in [5.41, 5.74) is 5.30. The van der Waals surface area contributed by atoms with E-state index in [9.17, 15) is 0 Å². The van der Waals surface area contributed by atoms with Crippen LogP contribution in [-0.4, -0.2) is 9.97 Å². The van der Waals surface area contributed by atoms with E-state index in [-0.39, 0.29) is 0 Å². The lowest BCUT2D eigenvalue weighted by molar-refractivity contribution is 0.780. The average Bonchev–Trinajstić information content (AvgIpc) is 2.66. The highest BCUT2D eigenvalue weighted by Crippen LogP contribution is 2.26. The molecule has 0 aliphatic rings. The van der Waals surface area contributed by atoms with Crippen molar-refractivity contribution in [3.05, 3.63) is 72.4 Å². The average molecular weight is 312 g/mol. The monoisotopic (exact) mass is 312 g/mol. The van der Waals surface area contributed by atoms with Crippen molar-refractivity contribution >= 4 is 21.8 Å². The van der Waals surface area contributed by atoms with Gasteiger partial charge >= 0.3 is 0 Å². The highest BCUT2D eigenvalue weighted by atomic mass is 14.8. The molecule has 2 aromatic heterocycles. The third-order valence-corrected chi connectivity index (χ3v) is 4.43. The molecule has 4 aromatic rings. The number of pyridine rings is 2. The van der Waals surface area contributed by atoms with Gasteiger partial charge in [-0.15, -0.1) is 0 Å². The van der Waals surface area contributed by atoms with Gasteiger partial charge in [0.15, 0.2) is 0 Å². The summed E-state index contributed by atoms with van der Waals surface area (Å²) in [7, 11) is 0. The Morgan fingerprint density at radius 3 is 2.12 bits per heavy atom. The standard InChI is InChI=1S/C22H20N2/c1-2-3-9-19-14-12-17-10-11-18-13-15-20(16-7-5-4-6-8-16)24-22(18)21(17)23-19/h4-8,10-15H,2-3,9H2,1H3. The molecule has 0 atom stereocenters. The molecule has 0 fully saturated rings. The minimum absolute atomic E-state index is 0.993. The minimum atomic E-state index is 0.993. The molecule has 0 radical (unpaired) electrons. The Kier molecular flexibility index (Phi) is 3.96. The lowest BCUT2D eigenvalue weighted by Gasteiger charge is -2.07. The smallest absolute Gasteiger partial charge is 0.0972 e. The summed E-state index contributed by atoms with van der Waals surface area (Å²) in [5, 5.41) is 2.29. The summed E-state index contributed by atoms with van der Waals surface area (Å²) in [5.74, 6) is 0. The lowest BCUT2D eigenvalue weighted by atomic mass is 10.1. The molecule has 0 N–H and O–H groups in total. The van der Waals surface area contributed by atoms with Gasteiger partial charge in [-0.1, -0.05) is 67.9 Å². The fourth-order valence-corrected chi connectivity index (χ4v) is 3.07. The molecule has 2 aromatic carbocycles. The number of fused-ring (bicyclic) bond motifs is 3. The molecule has 2 nitrogen and oxygen atoms in total. The molecule has 0 unspecified atom stereocenters. The molecule has 0 saturated heterocycles. The maximum Gasteiger partial charge on any atom is 0.0972 e. The number of unbranched alkanes of at least 4 members (excludes halogenated alkanes) is 1. The Balaban J connectivity index is 1.91. The van der Waals surface area contributed by atoms with Gasteiger partial charge in [0.05, 0.1) is 16.7 Å². The lowest BCUT2D eigenvalue weighted by Crippen LogP contribution is -1.93. The summed E-state index contributed by atoms with van der Waals surface area (Å²) in [6.07, 6.45) is 3.39. The first-order valence-electron chi connectivity index (χ1n) is 8.60. The molecule has 0 amide bonds. The van der Waals surface area contributed by atoms with E-state index in [4.69, 9.17) is 9.97 Å². The molecule has 0 aliphatic heterocycles. The van der Waals surface area contributed by atoms with E-state index >= 15 is 0 Å². The summed E-state index contributed by atoms with van der Waals surface area (Å²) in [6, 6.07) is 23.1. The second-order valence-corrected chi connectivity index (χ2v) is 6.18. The fourth-order valence-electron chi connectivity index (χ4n) is 3.07. The Morgan fingerprint density at radius 2 is 1.38 bits per heavy atom. The molecule has 4 rings (SSSR count). The van der Waals surface area contributed by atoms with Gasteiger partial charge in [-0.2, -0.15) is 0 Å². The van der Waals surface area contributed by atoms with E-state index in [1.165, 1.54) is 12.8 Å². The van der Waals surface area contributed by atoms with Crippen molar-refractivity contribution in [3.63, 3.8) is 0 Å². The van der Waals surface area contributed by atoms with Crippen molar-refractivity contribution < 1.29 is 0 Å². The number of rotatable bonds is 4. The highest BCUT2D eigenvalue weighted by molar-refractivity contribution is 6.03. The van der Waals surface area contributed by atoms with Crippen LogP contribution in [0.15, 0.2) is 66.7 Å². The largest absolute Gasteiger partial charge is 0.251 e. The Hall–Kier alpha value is -2.74. The highest BCUT2D eigenvalue weighted by Gasteiger charge is 2.07. The summed E-state index contributed by atoms with van der Waals surface area (Å²) >= 11 is 0. The van der Waals surface area contributed by atoms with Crippen molar-refractivity contribution in [1.82, 2.24) is 9.97 Å². The van der Waals surface area contributed by atoms with Crippen LogP contribution in [-0.2, 0) is 6.42 Å². The van der Waals surface area contributed by atoms with Gasteiger partial charge in [0.25, 0.3) is 0 Å². The second kappa shape index (κ2) is 6.40. The number of hydrogen-bond acceptors (Lipinski definition) is 2. The number of hydrogen-bond donors (Lipinski definition) is 0. The van der Waals surface area contributed by atoms with Crippen molar-refractivity contribution in [2.75, 3.05) is 0 Å². The Labute approximate surface area is 142 Å². The number of benzene rings is 2. The molecule has 2 heterocycles. The molecule has 0 aliphatic carbocycles. The van der Waals surface area contributed by atoms with Gasteiger partial charge in [0, 0.05) is 22.0 Å². The maximum atomic E-state index is 4.93. The van der Waals surface area contributed by atoms with Gasteiger partial charge in [-0.05, 0) is 25.0 Å². The maximum absolute atomic E-state index is 4.93. The predicted molar refractivity (Wildman–Crippen MR) is 101 cm³/mol. The number of aromatic nitrogens is 2. The van der Waals surface area contributed by atoms with Crippen molar-refractivity contribution in [2.45, 2.75) is 26.2 Å². The van der Waals surface area contributed by atoms with Crippen LogP contribution in [0, 0.1) is 0 Å². The topological polar surface area (TPSA) is 25.8 Å². The number of nitrogens with zero attached hydrogens (tertiary/aromatic N) is 2. The predicted octanol–water partition coefficient (Wildman–Crippen LogP) is 5.79. The minimum Gasteiger partial charge on any atom is -0.251 e.